The second-order valence-corrected chi connectivity index (χ2v) is 7.78. The largest absolute Gasteiger partial charge is 0.496 e. The lowest BCUT2D eigenvalue weighted by Gasteiger charge is -2.25. The first-order valence-corrected chi connectivity index (χ1v) is 9.17. The minimum atomic E-state index is -3.95. The lowest BCUT2D eigenvalue weighted by atomic mass is 10.1. The van der Waals surface area contributed by atoms with Crippen LogP contribution in [0, 0.1) is 0 Å². The molecule has 0 fully saturated rings. The van der Waals surface area contributed by atoms with E-state index in [0.717, 1.165) is 4.31 Å². The summed E-state index contributed by atoms with van der Waals surface area (Å²) in [7, 11) is -1.25. The molecule has 0 aliphatic carbocycles. The number of aliphatic carboxylic acids is 1. The summed E-state index contributed by atoms with van der Waals surface area (Å²) in [5.74, 6) is -0.815. The van der Waals surface area contributed by atoms with Crippen molar-refractivity contribution in [1.29, 1.82) is 0 Å². The number of sulfonamides is 1. The molecule has 1 atom stereocenters. The molecule has 0 spiro atoms. The predicted octanol–water partition coefficient (Wildman–Crippen LogP) is 2.67. The number of hydrogen-bond acceptors (Lipinski definition) is 4. The number of carboxylic acids is 1. The molecular weight excluding hydrogens is 366 g/mol. The van der Waals surface area contributed by atoms with Gasteiger partial charge in [-0.25, -0.2) is 8.42 Å². The van der Waals surface area contributed by atoms with Crippen LogP contribution in [0.5, 0.6) is 5.75 Å². The molecule has 6 nitrogen and oxygen atoms in total. The van der Waals surface area contributed by atoms with E-state index in [-0.39, 0.29) is 11.3 Å². The Balaban J connectivity index is 2.39. The molecule has 0 radical (unpaired) electrons. The van der Waals surface area contributed by atoms with E-state index in [1.54, 1.807) is 36.4 Å². The van der Waals surface area contributed by atoms with E-state index >= 15 is 0 Å². The average Bonchev–Trinajstić information content (AvgIpc) is 2.59. The molecule has 2 rings (SSSR count). The van der Waals surface area contributed by atoms with Gasteiger partial charge in [0, 0.05) is 18.5 Å². The summed E-state index contributed by atoms with van der Waals surface area (Å²) in [6, 6.07) is 11.2. The molecule has 1 N–H and O–H groups in total. The minimum Gasteiger partial charge on any atom is -0.496 e. The van der Waals surface area contributed by atoms with E-state index in [9.17, 15) is 18.3 Å². The Labute approximate surface area is 151 Å². The van der Waals surface area contributed by atoms with Gasteiger partial charge in [-0.2, -0.15) is 4.31 Å². The van der Waals surface area contributed by atoms with E-state index in [1.807, 2.05) is 0 Å². The number of halogens is 1. The van der Waals surface area contributed by atoms with Crippen LogP contribution in [0.2, 0.25) is 5.02 Å². The Morgan fingerprint density at radius 1 is 1.24 bits per heavy atom. The lowest BCUT2D eigenvalue weighted by molar-refractivity contribution is -0.141. The van der Waals surface area contributed by atoms with Gasteiger partial charge in [0.2, 0.25) is 10.0 Å². The molecule has 0 amide bonds. The fourth-order valence-electron chi connectivity index (χ4n) is 2.41. The first-order valence-electron chi connectivity index (χ1n) is 7.35. The van der Waals surface area contributed by atoms with Gasteiger partial charge >= 0.3 is 5.97 Å². The quantitative estimate of drug-likeness (QED) is 0.794. The molecule has 134 valence electrons. The zero-order valence-electron chi connectivity index (χ0n) is 13.7. The van der Waals surface area contributed by atoms with Gasteiger partial charge in [-0.3, -0.25) is 4.79 Å². The van der Waals surface area contributed by atoms with Gasteiger partial charge in [-0.05, 0) is 35.9 Å². The third-order valence-electron chi connectivity index (χ3n) is 3.80. The molecule has 0 aliphatic rings. The summed E-state index contributed by atoms with van der Waals surface area (Å²) >= 11 is 5.97. The van der Waals surface area contributed by atoms with Crippen molar-refractivity contribution in [2.75, 3.05) is 14.2 Å². The highest BCUT2D eigenvalue weighted by Gasteiger charge is 2.33. The van der Waals surface area contributed by atoms with Gasteiger partial charge in [0.1, 0.15) is 11.8 Å². The molecule has 2 aromatic rings. The third-order valence-corrected chi connectivity index (χ3v) is 5.92. The fraction of sp³-hybridized carbons (Fsp3) is 0.235. The van der Waals surface area contributed by atoms with Gasteiger partial charge in [-0.1, -0.05) is 29.8 Å². The molecule has 2 aromatic carbocycles. The lowest BCUT2D eigenvalue weighted by Crippen LogP contribution is -2.43. The highest BCUT2D eigenvalue weighted by Crippen LogP contribution is 2.26. The highest BCUT2D eigenvalue weighted by atomic mass is 35.5. The van der Waals surface area contributed by atoms with Crippen molar-refractivity contribution >= 4 is 27.6 Å². The van der Waals surface area contributed by atoms with E-state index in [4.69, 9.17) is 16.3 Å². The normalized spacial score (nSPS) is 12.8. The third kappa shape index (κ3) is 4.31. The summed E-state index contributed by atoms with van der Waals surface area (Å²) in [6.45, 7) is 0. The predicted molar refractivity (Wildman–Crippen MR) is 94.5 cm³/mol. The minimum absolute atomic E-state index is 0.0295. The van der Waals surface area contributed by atoms with E-state index in [0.29, 0.717) is 16.3 Å². The average molecular weight is 384 g/mol. The maximum absolute atomic E-state index is 12.7. The molecule has 0 heterocycles. The van der Waals surface area contributed by atoms with Crippen molar-refractivity contribution in [3.05, 3.63) is 59.1 Å². The van der Waals surface area contributed by atoms with Gasteiger partial charge in [-0.15, -0.1) is 0 Å². The van der Waals surface area contributed by atoms with Crippen LogP contribution in [0.1, 0.15) is 5.56 Å². The van der Waals surface area contributed by atoms with Crippen molar-refractivity contribution in [2.24, 2.45) is 0 Å². The van der Waals surface area contributed by atoms with Crippen LogP contribution in [-0.2, 0) is 21.2 Å². The molecule has 0 aliphatic heterocycles. The topological polar surface area (TPSA) is 83.9 Å². The first kappa shape index (κ1) is 19.2. The standard InChI is InChI=1S/C17H18ClNO5S/c1-19(25(22,23)14-6-4-3-5-7-14)15(17(20)21)11-12-10-13(18)8-9-16(12)24-2/h3-10,15H,11H2,1-2H3,(H,20,21)/t15-/m1/s1. The molecular formula is C17H18ClNO5S. The summed E-state index contributed by atoms with van der Waals surface area (Å²) in [5.41, 5.74) is 0.512. The number of rotatable bonds is 7. The number of ether oxygens (including phenoxy) is 1. The molecule has 0 aromatic heterocycles. The Hall–Kier alpha value is -2.09. The molecule has 8 heteroatoms. The number of likely N-dealkylation sites (N-methyl/N-ethyl adjacent to an activating group) is 1. The summed E-state index contributed by atoms with van der Waals surface area (Å²) in [6.07, 6.45) is -0.0817. The number of carbonyl (C=O) groups is 1. The molecule has 0 bridgehead atoms. The van der Waals surface area contributed by atoms with E-state index in [2.05, 4.69) is 0 Å². The van der Waals surface area contributed by atoms with Crippen LogP contribution in [0.15, 0.2) is 53.4 Å². The fourth-order valence-corrected chi connectivity index (χ4v) is 3.94. The Morgan fingerprint density at radius 2 is 1.88 bits per heavy atom. The van der Waals surface area contributed by atoms with E-state index in [1.165, 1.54) is 26.3 Å². The number of nitrogens with zero attached hydrogens (tertiary/aromatic N) is 1. The van der Waals surface area contributed by atoms with Crippen LogP contribution in [0.4, 0.5) is 0 Å². The van der Waals surface area contributed by atoms with Crippen molar-refractivity contribution < 1.29 is 23.1 Å². The SMILES string of the molecule is COc1ccc(Cl)cc1C[C@H](C(=O)O)N(C)S(=O)(=O)c1ccccc1. The zero-order chi connectivity index (χ0) is 18.6. The van der Waals surface area contributed by atoms with E-state index < -0.39 is 22.0 Å². The van der Waals surface area contributed by atoms with Crippen LogP contribution in [-0.4, -0.2) is 44.0 Å². The Kier molecular flexibility index (Phi) is 6.05. The number of hydrogen-bond donors (Lipinski definition) is 1. The van der Waals surface area contributed by atoms with Crippen molar-refractivity contribution in [3.63, 3.8) is 0 Å². The molecule has 0 unspecified atom stereocenters. The second-order valence-electron chi connectivity index (χ2n) is 5.35. The van der Waals surface area contributed by atoms with Crippen molar-refractivity contribution in [1.82, 2.24) is 4.31 Å². The molecule has 25 heavy (non-hydrogen) atoms. The number of carboxylic acid groups (broad SMARTS) is 1. The Morgan fingerprint density at radius 3 is 2.44 bits per heavy atom. The van der Waals surface area contributed by atoms with Gasteiger partial charge in [0.15, 0.2) is 0 Å². The summed E-state index contributed by atoms with van der Waals surface area (Å²) in [4.78, 5) is 11.8. The van der Waals surface area contributed by atoms with Crippen LogP contribution < -0.4 is 4.74 Å². The highest BCUT2D eigenvalue weighted by molar-refractivity contribution is 7.89. The second kappa shape index (κ2) is 7.86. The Bertz CT molecular complexity index is 855. The number of benzene rings is 2. The smallest absolute Gasteiger partial charge is 0.322 e. The van der Waals surface area contributed by atoms with Crippen molar-refractivity contribution in [3.8, 4) is 5.75 Å². The molecule has 0 saturated heterocycles. The number of methoxy groups -OCH3 is 1. The first-order chi connectivity index (χ1) is 11.8. The van der Waals surface area contributed by atoms with Gasteiger partial charge < -0.3 is 9.84 Å². The summed E-state index contributed by atoms with van der Waals surface area (Å²) < 4.78 is 31.5. The van der Waals surface area contributed by atoms with Gasteiger partial charge in [0.05, 0.1) is 12.0 Å². The van der Waals surface area contributed by atoms with Gasteiger partial charge in [0.25, 0.3) is 0 Å². The van der Waals surface area contributed by atoms with Crippen LogP contribution in [0.3, 0.4) is 0 Å². The van der Waals surface area contributed by atoms with Crippen LogP contribution >= 0.6 is 11.6 Å². The van der Waals surface area contributed by atoms with Crippen LogP contribution in [0.25, 0.3) is 0 Å². The zero-order valence-corrected chi connectivity index (χ0v) is 15.3. The van der Waals surface area contributed by atoms with Crippen molar-refractivity contribution in [2.45, 2.75) is 17.4 Å². The monoisotopic (exact) mass is 383 g/mol. The molecule has 0 saturated carbocycles. The maximum atomic E-state index is 12.7. The summed E-state index contributed by atoms with van der Waals surface area (Å²) in [5, 5.41) is 9.98. The maximum Gasteiger partial charge on any atom is 0.322 e.